The zero-order valence-electron chi connectivity index (χ0n) is 17.6. The first kappa shape index (κ1) is 22.0. The van der Waals surface area contributed by atoms with Gasteiger partial charge in [-0.2, -0.15) is 0 Å². The number of aromatic amines is 1. The summed E-state index contributed by atoms with van der Waals surface area (Å²) in [6, 6.07) is 9.96. The van der Waals surface area contributed by atoms with Crippen molar-refractivity contribution in [3.05, 3.63) is 62.6 Å². The molecule has 3 N–H and O–H groups in total. The van der Waals surface area contributed by atoms with E-state index in [4.69, 9.17) is 10.5 Å². The average molecular weight is 471 g/mol. The fourth-order valence-corrected chi connectivity index (χ4v) is 5.23. The molecule has 0 aliphatic rings. The number of hydrogen-bond acceptors (Lipinski definition) is 9. The molecule has 4 rings (SSSR count). The first-order chi connectivity index (χ1) is 15.5. The van der Waals surface area contributed by atoms with Crippen LogP contribution in [0.1, 0.15) is 33.5 Å². The van der Waals surface area contributed by atoms with Crippen LogP contribution in [0.15, 0.2) is 40.3 Å². The third-order valence-electron chi connectivity index (χ3n) is 4.85. The van der Waals surface area contributed by atoms with Gasteiger partial charge in [0.1, 0.15) is 21.3 Å². The molecule has 0 radical (unpaired) electrons. The molecule has 9 nitrogen and oxygen atoms in total. The minimum Gasteiger partial charge on any atom is -0.462 e. The highest BCUT2D eigenvalue weighted by Gasteiger charge is 2.21. The van der Waals surface area contributed by atoms with Gasteiger partial charge in [0.05, 0.1) is 17.7 Å². The summed E-state index contributed by atoms with van der Waals surface area (Å²) in [4.78, 5) is 34.5. The Morgan fingerprint density at radius 2 is 2.06 bits per heavy atom. The number of rotatable bonds is 8. The Hall–Kier alpha value is -3.18. The maximum atomic E-state index is 12.2. The number of esters is 1. The smallest absolute Gasteiger partial charge is 0.348 e. The van der Waals surface area contributed by atoms with Gasteiger partial charge in [-0.25, -0.2) is 24.7 Å². The highest BCUT2D eigenvalue weighted by Crippen LogP contribution is 2.33. The van der Waals surface area contributed by atoms with Crippen molar-refractivity contribution >= 4 is 45.1 Å². The van der Waals surface area contributed by atoms with E-state index in [2.05, 4.69) is 20.2 Å². The Morgan fingerprint density at radius 1 is 1.28 bits per heavy atom. The number of H-pyrrole nitrogens is 1. The van der Waals surface area contributed by atoms with Gasteiger partial charge >= 0.3 is 11.7 Å². The fraction of sp³-hybridized carbons (Fsp3) is 0.286. The predicted molar refractivity (Wildman–Crippen MR) is 125 cm³/mol. The summed E-state index contributed by atoms with van der Waals surface area (Å²) in [5, 5.41) is 7.87. The number of nitrogens with zero attached hydrogens (tertiary/aromatic N) is 4. The third kappa shape index (κ3) is 4.53. The summed E-state index contributed by atoms with van der Waals surface area (Å²) in [7, 11) is 0. The summed E-state index contributed by atoms with van der Waals surface area (Å²) >= 11 is 2.59. The molecule has 0 aliphatic carbocycles. The second-order valence-electron chi connectivity index (χ2n) is 6.97. The number of nitrogens with one attached hydrogen (secondary N) is 1. The Balaban J connectivity index is 1.52. The molecule has 0 amide bonds. The van der Waals surface area contributed by atoms with Crippen LogP contribution in [0.2, 0.25) is 0 Å². The van der Waals surface area contributed by atoms with Gasteiger partial charge in [-0.15, -0.1) is 16.4 Å². The minimum atomic E-state index is -0.387. The Bertz CT molecular complexity index is 1310. The second kappa shape index (κ2) is 9.53. The summed E-state index contributed by atoms with van der Waals surface area (Å²) in [6.45, 7) is 4.38. The van der Waals surface area contributed by atoms with Crippen LogP contribution in [0.4, 0.5) is 5.82 Å². The first-order valence-electron chi connectivity index (χ1n) is 10.0. The normalized spacial score (nSPS) is 11.2. The van der Waals surface area contributed by atoms with Crippen LogP contribution in [-0.2, 0) is 23.5 Å². The monoisotopic (exact) mass is 470 g/mol. The van der Waals surface area contributed by atoms with Gasteiger partial charge < -0.3 is 10.5 Å². The number of ether oxygens (including phenoxy) is 1. The van der Waals surface area contributed by atoms with Gasteiger partial charge in [0.15, 0.2) is 5.16 Å². The molecule has 4 aromatic rings. The Morgan fingerprint density at radius 3 is 2.81 bits per heavy atom. The molecule has 3 heterocycles. The number of nitrogen functional groups attached to an aromatic ring is 1. The fourth-order valence-electron chi connectivity index (χ4n) is 3.30. The molecule has 3 aromatic heterocycles. The highest BCUT2D eigenvalue weighted by atomic mass is 32.2. The molecule has 0 spiro atoms. The maximum absolute atomic E-state index is 12.2. The van der Waals surface area contributed by atoms with Crippen molar-refractivity contribution in [3.8, 4) is 0 Å². The number of aromatic nitrogens is 5. The first-order valence-corrected chi connectivity index (χ1v) is 11.8. The molecule has 0 aliphatic heterocycles. The summed E-state index contributed by atoms with van der Waals surface area (Å²) < 4.78 is 6.72. The second-order valence-corrected chi connectivity index (χ2v) is 8.91. The lowest BCUT2D eigenvalue weighted by Crippen LogP contribution is -2.18. The van der Waals surface area contributed by atoms with Crippen LogP contribution in [0.25, 0.3) is 10.2 Å². The van der Waals surface area contributed by atoms with E-state index >= 15 is 0 Å². The number of benzene rings is 1. The molecule has 0 saturated carbocycles. The van der Waals surface area contributed by atoms with Crippen LogP contribution in [0.3, 0.4) is 0 Å². The van der Waals surface area contributed by atoms with Crippen molar-refractivity contribution in [2.75, 3.05) is 12.3 Å². The number of aryl methyl sites for hydroxylation is 2. The van der Waals surface area contributed by atoms with Gasteiger partial charge in [-0.1, -0.05) is 42.1 Å². The van der Waals surface area contributed by atoms with Gasteiger partial charge in [0.25, 0.3) is 0 Å². The minimum absolute atomic E-state index is 0.257. The molecule has 166 valence electrons. The lowest BCUT2D eigenvalue weighted by Gasteiger charge is -2.06. The van der Waals surface area contributed by atoms with E-state index in [9.17, 15) is 9.59 Å². The number of thioether (sulfide) groups is 1. The Kier molecular flexibility index (Phi) is 6.56. The van der Waals surface area contributed by atoms with Gasteiger partial charge in [-0.3, -0.25) is 4.57 Å². The number of thiophene rings is 1. The molecule has 0 atom stereocenters. The lowest BCUT2D eigenvalue weighted by molar-refractivity contribution is 0.0531. The van der Waals surface area contributed by atoms with Crippen molar-refractivity contribution in [1.82, 2.24) is 24.7 Å². The van der Waals surface area contributed by atoms with Crippen LogP contribution < -0.4 is 11.4 Å². The molecule has 0 bridgehead atoms. The van der Waals surface area contributed by atoms with E-state index < -0.39 is 0 Å². The third-order valence-corrected chi connectivity index (χ3v) is 6.98. The van der Waals surface area contributed by atoms with Gasteiger partial charge in [0, 0.05) is 6.54 Å². The number of carbonyl (C=O) groups is 1. The van der Waals surface area contributed by atoms with E-state index in [-0.39, 0.29) is 11.7 Å². The summed E-state index contributed by atoms with van der Waals surface area (Å²) in [6.07, 6.45) is 0.717. The standard InChI is InChI=1S/C21H22N6O3S2/c1-3-30-19(28)16-12(2)15-17(22)23-14(24-18(15)32-16)11-31-21-26-25-20(29)27(21)10-9-13-7-5-4-6-8-13/h4-8H,3,9-11H2,1-2H3,(H,25,29)(H2,22,23,24). The van der Waals surface area contributed by atoms with Crippen molar-refractivity contribution < 1.29 is 9.53 Å². The van der Waals surface area contributed by atoms with Crippen LogP contribution in [-0.4, -0.2) is 37.3 Å². The van der Waals surface area contributed by atoms with E-state index in [1.165, 1.54) is 23.1 Å². The zero-order chi connectivity index (χ0) is 22.7. The molecule has 11 heteroatoms. The molecule has 0 unspecified atom stereocenters. The van der Waals surface area contributed by atoms with E-state index in [0.29, 0.717) is 57.2 Å². The Labute approximate surface area is 192 Å². The van der Waals surface area contributed by atoms with Crippen molar-refractivity contribution in [2.24, 2.45) is 0 Å². The predicted octanol–water partition coefficient (Wildman–Crippen LogP) is 3.18. The number of fused-ring (bicyclic) bond motifs is 1. The molecule has 0 saturated heterocycles. The molecular weight excluding hydrogens is 448 g/mol. The van der Waals surface area contributed by atoms with Crippen LogP contribution in [0, 0.1) is 6.92 Å². The van der Waals surface area contributed by atoms with Crippen molar-refractivity contribution in [3.63, 3.8) is 0 Å². The highest BCUT2D eigenvalue weighted by molar-refractivity contribution is 7.98. The molecule has 32 heavy (non-hydrogen) atoms. The number of hydrogen-bond donors (Lipinski definition) is 2. The van der Waals surface area contributed by atoms with Crippen LogP contribution >= 0.6 is 23.1 Å². The average Bonchev–Trinajstić information content (AvgIpc) is 3.31. The van der Waals surface area contributed by atoms with Gasteiger partial charge in [-0.05, 0) is 31.4 Å². The van der Waals surface area contributed by atoms with Gasteiger partial charge in [0.2, 0.25) is 0 Å². The van der Waals surface area contributed by atoms with Crippen LogP contribution in [0.5, 0.6) is 0 Å². The number of carbonyl (C=O) groups excluding carboxylic acids is 1. The summed E-state index contributed by atoms with van der Waals surface area (Å²) in [5.74, 6) is 0.809. The van der Waals surface area contributed by atoms with Crippen molar-refractivity contribution in [2.45, 2.75) is 37.7 Å². The van der Waals surface area contributed by atoms with Crippen molar-refractivity contribution in [1.29, 1.82) is 0 Å². The topological polar surface area (TPSA) is 129 Å². The van der Waals surface area contributed by atoms with E-state index in [1.807, 2.05) is 37.3 Å². The van der Waals surface area contributed by atoms with E-state index in [1.54, 1.807) is 11.5 Å². The molecular formula is C21H22N6O3S2. The number of nitrogens with two attached hydrogens (primary N) is 1. The van der Waals surface area contributed by atoms with E-state index in [0.717, 1.165) is 11.1 Å². The quantitative estimate of drug-likeness (QED) is 0.297. The SMILES string of the molecule is CCOC(=O)c1sc2nc(CSc3n[nH]c(=O)n3CCc3ccccc3)nc(N)c2c1C. The largest absolute Gasteiger partial charge is 0.462 e. The maximum Gasteiger partial charge on any atom is 0.348 e. The zero-order valence-corrected chi connectivity index (χ0v) is 19.3. The number of anilines is 1. The lowest BCUT2D eigenvalue weighted by atomic mass is 10.1. The summed E-state index contributed by atoms with van der Waals surface area (Å²) in [5.41, 5.74) is 7.79. The molecule has 0 fully saturated rings. The molecule has 1 aromatic carbocycles.